The summed E-state index contributed by atoms with van der Waals surface area (Å²) < 4.78 is 8.71. The number of carbonyl (C=O) groups is 1. The fourth-order valence-electron chi connectivity index (χ4n) is 2.33. The molecule has 22 heavy (non-hydrogen) atoms. The predicted molar refractivity (Wildman–Crippen MR) is 81.5 cm³/mol. The van der Waals surface area contributed by atoms with E-state index in [9.17, 15) is 4.79 Å². The Morgan fingerprint density at radius 2 is 1.77 bits per heavy atom. The summed E-state index contributed by atoms with van der Waals surface area (Å²) in [6.45, 7) is 4.90. The molecule has 0 aliphatic rings. The fraction of sp³-hybridized carbons (Fsp3) is 0.812. The van der Waals surface area contributed by atoms with E-state index in [1.807, 2.05) is 17.9 Å². The van der Waals surface area contributed by atoms with E-state index in [1.54, 1.807) is 4.68 Å². The lowest BCUT2D eigenvalue weighted by atomic mass is 10.1. The second-order valence-electron chi connectivity index (χ2n) is 5.65. The van der Waals surface area contributed by atoms with Crippen molar-refractivity contribution in [3.63, 3.8) is 0 Å². The Bertz CT molecular complexity index is 422. The van der Waals surface area contributed by atoms with Gasteiger partial charge in [0.15, 0.2) is 12.8 Å². The Morgan fingerprint density at radius 1 is 1.18 bits per heavy atom. The number of rotatable bonds is 11. The standard InChI is InChI=1S/C16H30N3O2.HI/c1-4-5-6-7-8-9-10-11-12-19-13-16(18(3)17-19)14-21-15(2)20;/h13H,4-12,14H2,1-3H3;1H/q+1;/p-1. The van der Waals surface area contributed by atoms with Crippen molar-refractivity contribution in [2.75, 3.05) is 0 Å². The highest BCUT2D eigenvalue weighted by atomic mass is 127. The fourth-order valence-corrected chi connectivity index (χ4v) is 2.33. The molecule has 1 rings (SSSR count). The molecule has 0 aliphatic heterocycles. The average Bonchev–Trinajstić information content (AvgIpc) is 2.80. The first-order valence-electron chi connectivity index (χ1n) is 8.19. The van der Waals surface area contributed by atoms with Crippen molar-refractivity contribution < 1.29 is 38.2 Å². The molecule has 0 bridgehead atoms. The van der Waals surface area contributed by atoms with Crippen molar-refractivity contribution in [1.82, 2.24) is 9.90 Å². The lowest BCUT2D eigenvalue weighted by Crippen LogP contribution is -3.00. The highest BCUT2D eigenvalue weighted by Crippen LogP contribution is 2.08. The van der Waals surface area contributed by atoms with E-state index in [0.29, 0.717) is 6.61 Å². The Balaban J connectivity index is 0.00000441. The number of aromatic nitrogens is 3. The monoisotopic (exact) mass is 423 g/mol. The summed E-state index contributed by atoms with van der Waals surface area (Å²) in [6, 6.07) is 0. The van der Waals surface area contributed by atoms with Crippen molar-refractivity contribution in [2.45, 2.75) is 78.4 Å². The van der Waals surface area contributed by atoms with Crippen molar-refractivity contribution >= 4 is 5.97 Å². The molecular formula is C16H30IN3O2. The minimum absolute atomic E-state index is 0. The Morgan fingerprint density at radius 3 is 2.36 bits per heavy atom. The summed E-state index contributed by atoms with van der Waals surface area (Å²) in [5, 5.41) is 4.39. The first-order chi connectivity index (χ1) is 10.1. The van der Waals surface area contributed by atoms with E-state index in [4.69, 9.17) is 4.74 Å². The van der Waals surface area contributed by atoms with Crippen LogP contribution in [-0.4, -0.2) is 15.9 Å². The van der Waals surface area contributed by atoms with Gasteiger partial charge in [0.25, 0.3) is 0 Å². The van der Waals surface area contributed by atoms with Gasteiger partial charge in [0, 0.05) is 6.92 Å². The third-order valence-corrected chi connectivity index (χ3v) is 3.63. The SMILES string of the molecule is CCCCCCCCCC[n+]1cc(COC(C)=O)n(C)n1.[I-]. The van der Waals surface area contributed by atoms with Crippen molar-refractivity contribution in [3.8, 4) is 0 Å². The number of nitrogens with zero attached hydrogens (tertiary/aromatic N) is 3. The van der Waals surface area contributed by atoms with Crippen LogP contribution in [0.5, 0.6) is 0 Å². The number of unbranched alkanes of at least 4 members (excludes halogenated alkanes) is 7. The summed E-state index contributed by atoms with van der Waals surface area (Å²) in [5.74, 6) is -0.258. The number of ether oxygens (including phenoxy) is 1. The van der Waals surface area contributed by atoms with Crippen LogP contribution in [0.15, 0.2) is 6.20 Å². The molecule has 0 radical (unpaired) electrons. The molecular weight excluding hydrogens is 393 g/mol. The first kappa shape index (κ1) is 21.3. The smallest absolute Gasteiger partial charge is 0.303 e. The average molecular weight is 423 g/mol. The van der Waals surface area contributed by atoms with Gasteiger partial charge >= 0.3 is 5.97 Å². The maximum absolute atomic E-state index is 10.8. The number of halogens is 1. The highest BCUT2D eigenvalue weighted by Gasteiger charge is 2.13. The van der Waals surface area contributed by atoms with E-state index < -0.39 is 0 Å². The Hall–Kier alpha value is -0.660. The lowest BCUT2D eigenvalue weighted by molar-refractivity contribution is -0.755. The van der Waals surface area contributed by atoms with Gasteiger partial charge in [-0.15, -0.1) is 9.36 Å². The van der Waals surface area contributed by atoms with Crippen LogP contribution in [0.2, 0.25) is 0 Å². The van der Waals surface area contributed by atoms with Crippen LogP contribution in [0.4, 0.5) is 0 Å². The van der Waals surface area contributed by atoms with E-state index in [2.05, 4.69) is 12.1 Å². The molecule has 0 unspecified atom stereocenters. The van der Waals surface area contributed by atoms with Crippen LogP contribution in [0.3, 0.4) is 0 Å². The minimum Gasteiger partial charge on any atom is -1.00 e. The molecule has 0 atom stereocenters. The summed E-state index contributed by atoms with van der Waals surface area (Å²) in [4.78, 5) is 10.8. The number of aryl methyl sites for hydroxylation is 2. The summed E-state index contributed by atoms with van der Waals surface area (Å²) >= 11 is 0. The van der Waals surface area contributed by atoms with Crippen LogP contribution >= 0.6 is 0 Å². The topological polar surface area (TPSA) is 48.0 Å². The van der Waals surface area contributed by atoms with Crippen LogP contribution in [0, 0.1) is 0 Å². The molecule has 0 N–H and O–H groups in total. The van der Waals surface area contributed by atoms with E-state index in [1.165, 1.54) is 51.9 Å². The quantitative estimate of drug-likeness (QED) is 0.217. The largest absolute Gasteiger partial charge is 1.00 e. The Labute approximate surface area is 151 Å². The predicted octanol–water partition coefficient (Wildman–Crippen LogP) is -0.0846. The molecule has 0 saturated heterocycles. The molecule has 6 heteroatoms. The van der Waals surface area contributed by atoms with Crippen LogP contribution in [0.1, 0.15) is 70.9 Å². The molecule has 5 nitrogen and oxygen atoms in total. The van der Waals surface area contributed by atoms with Gasteiger partial charge in [-0.1, -0.05) is 45.4 Å². The first-order valence-corrected chi connectivity index (χ1v) is 8.19. The van der Waals surface area contributed by atoms with E-state index in [-0.39, 0.29) is 29.9 Å². The van der Waals surface area contributed by atoms with Crippen LogP contribution < -0.4 is 28.7 Å². The van der Waals surface area contributed by atoms with Crippen LogP contribution in [0.25, 0.3) is 0 Å². The van der Waals surface area contributed by atoms with Crippen molar-refractivity contribution in [1.29, 1.82) is 0 Å². The zero-order valence-electron chi connectivity index (χ0n) is 14.2. The summed E-state index contributed by atoms with van der Waals surface area (Å²) in [7, 11) is 1.88. The molecule has 0 fully saturated rings. The molecule has 0 aliphatic carbocycles. The molecule has 0 spiro atoms. The van der Waals surface area contributed by atoms with Gasteiger partial charge in [-0.2, -0.15) is 0 Å². The third-order valence-electron chi connectivity index (χ3n) is 3.63. The maximum Gasteiger partial charge on any atom is 0.303 e. The van der Waals surface area contributed by atoms with Gasteiger partial charge in [0.05, 0.1) is 5.21 Å². The molecule has 1 aromatic heterocycles. The van der Waals surface area contributed by atoms with E-state index >= 15 is 0 Å². The van der Waals surface area contributed by atoms with Crippen molar-refractivity contribution in [2.24, 2.45) is 7.05 Å². The van der Waals surface area contributed by atoms with Gasteiger partial charge in [-0.25, -0.2) is 0 Å². The normalized spacial score (nSPS) is 10.3. The molecule has 0 aromatic carbocycles. The number of hydrogen-bond acceptors (Lipinski definition) is 3. The minimum atomic E-state index is -0.258. The second kappa shape index (κ2) is 12.8. The van der Waals surface area contributed by atoms with Gasteiger partial charge < -0.3 is 28.7 Å². The maximum atomic E-state index is 10.8. The molecule has 1 aromatic rings. The zero-order chi connectivity index (χ0) is 15.5. The Kier molecular flexibility index (Phi) is 12.5. The van der Waals surface area contributed by atoms with Gasteiger partial charge in [0.2, 0.25) is 5.69 Å². The number of hydrogen-bond donors (Lipinski definition) is 0. The summed E-state index contributed by atoms with van der Waals surface area (Å²) in [6.07, 6.45) is 12.5. The second-order valence-corrected chi connectivity index (χ2v) is 5.65. The molecule has 128 valence electrons. The number of esters is 1. The molecule has 1 heterocycles. The number of carbonyl (C=O) groups excluding carboxylic acids is 1. The zero-order valence-corrected chi connectivity index (χ0v) is 16.3. The van der Waals surface area contributed by atoms with Gasteiger partial charge in [-0.3, -0.25) is 4.79 Å². The van der Waals surface area contributed by atoms with Crippen LogP contribution in [-0.2, 0) is 29.7 Å². The highest BCUT2D eigenvalue weighted by molar-refractivity contribution is 5.65. The van der Waals surface area contributed by atoms with Gasteiger partial charge in [-0.05, 0) is 12.8 Å². The summed E-state index contributed by atoms with van der Waals surface area (Å²) in [5.41, 5.74) is 0.921. The lowest BCUT2D eigenvalue weighted by Gasteiger charge is -1.99. The molecule has 0 amide bonds. The van der Waals surface area contributed by atoms with Gasteiger partial charge in [0.1, 0.15) is 13.6 Å². The van der Waals surface area contributed by atoms with E-state index in [0.717, 1.165) is 18.7 Å². The molecule has 0 saturated carbocycles. The third kappa shape index (κ3) is 9.38. The van der Waals surface area contributed by atoms with Crippen molar-refractivity contribution in [3.05, 3.63) is 11.9 Å².